The Morgan fingerprint density at radius 1 is 1.11 bits per heavy atom. The zero-order valence-corrected chi connectivity index (χ0v) is 10.5. The average Bonchev–Trinajstić information content (AvgIpc) is 2.86. The lowest BCUT2D eigenvalue weighted by atomic mass is 10.3. The van der Waals surface area contributed by atoms with Crippen LogP contribution in [0.15, 0.2) is 30.6 Å². The summed E-state index contributed by atoms with van der Waals surface area (Å²) in [5.41, 5.74) is 1.74. The first-order valence-corrected chi connectivity index (χ1v) is 6.47. The Hall–Kier alpha value is -2.21. The van der Waals surface area contributed by atoms with Crippen LogP contribution >= 0.6 is 0 Å². The van der Waals surface area contributed by atoms with E-state index in [9.17, 15) is 0 Å². The molecule has 0 saturated carbocycles. The molecule has 3 aromatic heterocycles. The quantitative estimate of drug-likeness (QED) is 0.692. The minimum absolute atomic E-state index is 0.713. The molecule has 1 fully saturated rings. The van der Waals surface area contributed by atoms with Gasteiger partial charge in [-0.25, -0.2) is 9.97 Å². The van der Waals surface area contributed by atoms with Gasteiger partial charge in [0, 0.05) is 38.6 Å². The molecule has 1 aliphatic heterocycles. The van der Waals surface area contributed by atoms with E-state index in [0.717, 1.165) is 43.2 Å². The first-order chi connectivity index (χ1) is 9.42. The molecule has 0 atom stereocenters. The van der Waals surface area contributed by atoms with Crippen molar-refractivity contribution < 1.29 is 0 Å². The summed E-state index contributed by atoms with van der Waals surface area (Å²) in [6.07, 6.45) is 3.78. The van der Waals surface area contributed by atoms with Gasteiger partial charge in [0.15, 0.2) is 5.65 Å². The van der Waals surface area contributed by atoms with Gasteiger partial charge in [0.2, 0.25) is 5.78 Å². The topological polar surface area (TPSA) is 58.4 Å². The van der Waals surface area contributed by atoms with Crippen LogP contribution in [-0.4, -0.2) is 45.5 Å². The van der Waals surface area contributed by atoms with Gasteiger partial charge < -0.3 is 10.2 Å². The van der Waals surface area contributed by atoms with Crippen LogP contribution in [0.25, 0.3) is 16.9 Å². The highest BCUT2D eigenvalue weighted by Gasteiger charge is 2.13. The minimum atomic E-state index is 0.713. The third-order valence-corrected chi connectivity index (χ3v) is 3.46. The maximum atomic E-state index is 4.65. The maximum Gasteiger partial charge on any atom is 0.238 e. The van der Waals surface area contributed by atoms with Crippen LogP contribution in [0.5, 0.6) is 0 Å². The Morgan fingerprint density at radius 2 is 2.00 bits per heavy atom. The van der Waals surface area contributed by atoms with Crippen LogP contribution in [0.2, 0.25) is 0 Å². The van der Waals surface area contributed by atoms with Gasteiger partial charge in [-0.05, 0) is 18.2 Å². The van der Waals surface area contributed by atoms with Crippen LogP contribution in [-0.2, 0) is 0 Å². The fraction of sp³-hybridized carbons (Fsp3) is 0.308. The summed E-state index contributed by atoms with van der Waals surface area (Å²) < 4.78 is 1.93. The Kier molecular flexibility index (Phi) is 2.34. The molecule has 0 unspecified atom stereocenters. The lowest BCUT2D eigenvalue weighted by Gasteiger charge is -2.28. The van der Waals surface area contributed by atoms with Gasteiger partial charge in [0.05, 0.1) is 0 Å². The SMILES string of the molecule is c1cnc2c(c1)nc1nc(N3CCNCC3)ccn12. The molecule has 96 valence electrons. The molecule has 3 aromatic rings. The third kappa shape index (κ3) is 1.72. The molecule has 0 radical (unpaired) electrons. The lowest BCUT2D eigenvalue weighted by molar-refractivity contribution is 0.585. The molecule has 4 rings (SSSR count). The van der Waals surface area contributed by atoms with E-state index in [2.05, 4.69) is 25.2 Å². The van der Waals surface area contributed by atoms with E-state index in [0.29, 0.717) is 5.78 Å². The van der Waals surface area contributed by atoms with Crippen LogP contribution in [0.4, 0.5) is 5.82 Å². The summed E-state index contributed by atoms with van der Waals surface area (Å²) in [5, 5.41) is 3.34. The summed E-state index contributed by atoms with van der Waals surface area (Å²) in [5.74, 6) is 1.70. The fourth-order valence-corrected chi connectivity index (χ4v) is 2.48. The Balaban J connectivity index is 1.84. The van der Waals surface area contributed by atoms with Gasteiger partial charge in [0.1, 0.15) is 11.3 Å². The molecule has 6 heteroatoms. The number of nitrogens with zero attached hydrogens (tertiary/aromatic N) is 5. The monoisotopic (exact) mass is 254 g/mol. The van der Waals surface area contributed by atoms with E-state index in [1.54, 1.807) is 6.20 Å². The molecule has 1 N–H and O–H groups in total. The molecule has 0 bridgehead atoms. The van der Waals surface area contributed by atoms with Gasteiger partial charge in [-0.15, -0.1) is 0 Å². The second-order valence-electron chi connectivity index (χ2n) is 4.65. The maximum absolute atomic E-state index is 4.65. The van der Waals surface area contributed by atoms with Crippen LogP contribution in [0.1, 0.15) is 0 Å². The largest absolute Gasteiger partial charge is 0.354 e. The summed E-state index contributed by atoms with van der Waals surface area (Å²) in [4.78, 5) is 15.8. The molecular formula is C13H14N6. The van der Waals surface area contributed by atoms with Gasteiger partial charge in [-0.2, -0.15) is 4.98 Å². The molecule has 6 nitrogen and oxygen atoms in total. The summed E-state index contributed by atoms with van der Waals surface area (Å²) in [6, 6.07) is 5.89. The van der Waals surface area contributed by atoms with Crippen molar-refractivity contribution in [2.45, 2.75) is 0 Å². The molecule has 19 heavy (non-hydrogen) atoms. The van der Waals surface area contributed by atoms with Crippen LogP contribution < -0.4 is 10.2 Å². The van der Waals surface area contributed by atoms with Crippen LogP contribution in [0, 0.1) is 0 Å². The van der Waals surface area contributed by atoms with Gasteiger partial charge in [0.25, 0.3) is 0 Å². The lowest BCUT2D eigenvalue weighted by Crippen LogP contribution is -2.43. The number of pyridine rings is 1. The molecule has 4 heterocycles. The molecular weight excluding hydrogens is 240 g/mol. The second-order valence-corrected chi connectivity index (χ2v) is 4.65. The molecule has 1 aliphatic rings. The Morgan fingerprint density at radius 3 is 2.89 bits per heavy atom. The number of aromatic nitrogens is 4. The van der Waals surface area contributed by atoms with Gasteiger partial charge in [-0.1, -0.05) is 0 Å². The van der Waals surface area contributed by atoms with Gasteiger partial charge in [-0.3, -0.25) is 4.40 Å². The summed E-state index contributed by atoms with van der Waals surface area (Å²) in [7, 11) is 0. The highest BCUT2D eigenvalue weighted by atomic mass is 15.3. The highest BCUT2D eigenvalue weighted by Crippen LogP contribution is 2.17. The average molecular weight is 254 g/mol. The summed E-state index contributed by atoms with van der Waals surface area (Å²) >= 11 is 0. The highest BCUT2D eigenvalue weighted by molar-refractivity contribution is 5.75. The van der Waals surface area contributed by atoms with Crippen molar-refractivity contribution >= 4 is 22.8 Å². The number of nitrogens with one attached hydrogen (secondary N) is 1. The van der Waals surface area contributed by atoms with E-state index in [1.165, 1.54) is 0 Å². The predicted octanol–water partition coefficient (Wildman–Crippen LogP) is 0.687. The third-order valence-electron chi connectivity index (χ3n) is 3.46. The molecule has 1 saturated heterocycles. The smallest absolute Gasteiger partial charge is 0.238 e. The number of fused-ring (bicyclic) bond motifs is 3. The number of imidazole rings is 1. The minimum Gasteiger partial charge on any atom is -0.354 e. The van der Waals surface area contributed by atoms with Gasteiger partial charge >= 0.3 is 0 Å². The Labute approximate surface area is 110 Å². The van der Waals surface area contributed by atoms with E-state index in [4.69, 9.17) is 0 Å². The number of piperazine rings is 1. The van der Waals surface area contributed by atoms with Crippen molar-refractivity contribution in [3.63, 3.8) is 0 Å². The zero-order valence-electron chi connectivity index (χ0n) is 10.5. The van der Waals surface area contributed by atoms with E-state index in [-0.39, 0.29) is 0 Å². The fourth-order valence-electron chi connectivity index (χ4n) is 2.48. The molecule has 0 aromatic carbocycles. The number of hydrogen-bond acceptors (Lipinski definition) is 5. The van der Waals surface area contributed by atoms with Crippen molar-refractivity contribution in [3.05, 3.63) is 30.6 Å². The number of rotatable bonds is 1. The van der Waals surface area contributed by atoms with Crippen molar-refractivity contribution in [3.8, 4) is 0 Å². The first kappa shape index (κ1) is 10.7. The zero-order chi connectivity index (χ0) is 12.7. The number of anilines is 1. The molecule has 0 amide bonds. The summed E-state index contributed by atoms with van der Waals surface area (Å²) in [6.45, 7) is 3.99. The van der Waals surface area contributed by atoms with Crippen molar-refractivity contribution in [1.29, 1.82) is 0 Å². The molecule has 0 aliphatic carbocycles. The Bertz CT molecular complexity index is 728. The number of hydrogen-bond donors (Lipinski definition) is 1. The molecule has 0 spiro atoms. The van der Waals surface area contributed by atoms with E-state index in [1.807, 2.05) is 28.8 Å². The predicted molar refractivity (Wildman–Crippen MR) is 73.4 cm³/mol. The second kappa shape index (κ2) is 4.17. The first-order valence-electron chi connectivity index (χ1n) is 6.47. The van der Waals surface area contributed by atoms with E-state index >= 15 is 0 Å². The van der Waals surface area contributed by atoms with Crippen molar-refractivity contribution in [2.24, 2.45) is 0 Å². The van der Waals surface area contributed by atoms with Crippen molar-refractivity contribution in [2.75, 3.05) is 31.1 Å². The normalized spacial score (nSPS) is 16.3. The van der Waals surface area contributed by atoms with E-state index < -0.39 is 0 Å². The van der Waals surface area contributed by atoms with Crippen LogP contribution in [0.3, 0.4) is 0 Å². The standard InChI is InChI=1S/C13H14N6/c1-2-10-12(15-4-1)19-7-3-11(17-13(19)16-10)18-8-5-14-6-9-18/h1-4,7,14H,5-6,8-9H2. The van der Waals surface area contributed by atoms with Crippen molar-refractivity contribution in [1.82, 2.24) is 24.7 Å².